The SMILES string of the molecule is CS(=O)(=O)c1cccc(-c2ccc(-n3ccnc3-c3c(F)cccc3F)c(Cl)c2)c1. The van der Waals surface area contributed by atoms with Gasteiger partial charge in [0.2, 0.25) is 0 Å². The van der Waals surface area contributed by atoms with Gasteiger partial charge in [0.05, 0.1) is 21.2 Å². The zero-order chi connectivity index (χ0) is 21.5. The molecule has 0 aliphatic rings. The van der Waals surface area contributed by atoms with Gasteiger partial charge in [-0.1, -0.05) is 35.9 Å². The van der Waals surface area contributed by atoms with Crippen molar-refractivity contribution in [3.8, 4) is 28.2 Å². The fraction of sp³-hybridized carbons (Fsp3) is 0.0455. The summed E-state index contributed by atoms with van der Waals surface area (Å²) in [6.07, 6.45) is 4.14. The largest absolute Gasteiger partial charge is 0.298 e. The summed E-state index contributed by atoms with van der Waals surface area (Å²) in [5.41, 5.74) is 1.61. The van der Waals surface area contributed by atoms with Crippen molar-refractivity contribution >= 4 is 21.4 Å². The Morgan fingerprint density at radius 3 is 2.27 bits per heavy atom. The van der Waals surface area contributed by atoms with Crippen LogP contribution in [0.3, 0.4) is 0 Å². The zero-order valence-electron chi connectivity index (χ0n) is 15.7. The molecule has 4 rings (SSSR count). The molecule has 0 aliphatic carbocycles. The summed E-state index contributed by atoms with van der Waals surface area (Å²) in [7, 11) is -3.35. The second kappa shape index (κ2) is 7.66. The van der Waals surface area contributed by atoms with E-state index >= 15 is 0 Å². The normalized spacial score (nSPS) is 11.6. The predicted octanol–water partition coefficient (Wildman–Crippen LogP) is 5.54. The van der Waals surface area contributed by atoms with E-state index in [-0.39, 0.29) is 16.3 Å². The maximum Gasteiger partial charge on any atom is 0.175 e. The van der Waals surface area contributed by atoms with Crippen LogP contribution in [0, 0.1) is 11.6 Å². The fourth-order valence-electron chi connectivity index (χ4n) is 3.18. The molecule has 0 N–H and O–H groups in total. The first-order chi connectivity index (χ1) is 14.3. The highest BCUT2D eigenvalue weighted by molar-refractivity contribution is 7.90. The third-order valence-electron chi connectivity index (χ3n) is 4.63. The number of nitrogens with zero attached hydrogens (tertiary/aromatic N) is 2. The summed E-state index contributed by atoms with van der Waals surface area (Å²) in [5.74, 6) is -1.38. The van der Waals surface area contributed by atoms with E-state index in [1.807, 2.05) is 0 Å². The number of aromatic nitrogens is 2. The highest BCUT2D eigenvalue weighted by Gasteiger charge is 2.18. The first-order valence-electron chi connectivity index (χ1n) is 8.84. The molecule has 0 aliphatic heterocycles. The van der Waals surface area contributed by atoms with Crippen LogP contribution in [-0.2, 0) is 9.84 Å². The minimum atomic E-state index is -3.35. The molecule has 1 heterocycles. The summed E-state index contributed by atoms with van der Waals surface area (Å²) < 4.78 is 53.7. The van der Waals surface area contributed by atoms with Gasteiger partial charge in [-0.3, -0.25) is 4.57 Å². The Morgan fingerprint density at radius 1 is 0.933 bits per heavy atom. The molecule has 0 spiro atoms. The van der Waals surface area contributed by atoms with Gasteiger partial charge in [-0.2, -0.15) is 0 Å². The Labute approximate surface area is 177 Å². The second-order valence-electron chi connectivity index (χ2n) is 6.68. The average Bonchev–Trinajstić information content (AvgIpc) is 3.16. The third kappa shape index (κ3) is 3.74. The van der Waals surface area contributed by atoms with E-state index in [1.54, 1.807) is 42.6 Å². The van der Waals surface area contributed by atoms with Crippen LogP contribution in [0.1, 0.15) is 0 Å². The number of hydrogen-bond donors (Lipinski definition) is 0. The predicted molar refractivity (Wildman–Crippen MR) is 112 cm³/mol. The molecule has 0 bridgehead atoms. The van der Waals surface area contributed by atoms with E-state index in [4.69, 9.17) is 11.6 Å². The smallest absolute Gasteiger partial charge is 0.175 e. The lowest BCUT2D eigenvalue weighted by molar-refractivity contribution is 0.587. The lowest BCUT2D eigenvalue weighted by Gasteiger charge is -2.13. The van der Waals surface area contributed by atoms with Crippen molar-refractivity contribution in [2.45, 2.75) is 4.90 Å². The molecule has 0 unspecified atom stereocenters. The summed E-state index contributed by atoms with van der Waals surface area (Å²) in [5, 5.41) is 0.313. The molecule has 152 valence electrons. The highest BCUT2D eigenvalue weighted by atomic mass is 35.5. The Kier molecular flexibility index (Phi) is 5.17. The number of imidazole rings is 1. The zero-order valence-corrected chi connectivity index (χ0v) is 17.3. The molecule has 30 heavy (non-hydrogen) atoms. The van der Waals surface area contributed by atoms with Crippen LogP contribution in [0.4, 0.5) is 8.78 Å². The standard InChI is InChI=1S/C22H15ClF2N2O2S/c1-30(28,29)16-5-2-4-14(12-16)15-8-9-20(17(23)13-15)27-11-10-26-22(27)21-18(24)6-3-7-19(21)25/h2-13H,1H3. The number of sulfone groups is 1. The summed E-state index contributed by atoms with van der Waals surface area (Å²) in [4.78, 5) is 4.30. The van der Waals surface area contributed by atoms with Crippen molar-refractivity contribution in [2.75, 3.05) is 6.26 Å². The van der Waals surface area contributed by atoms with E-state index in [1.165, 1.54) is 22.9 Å². The topological polar surface area (TPSA) is 52.0 Å². The molecule has 0 atom stereocenters. The Bertz CT molecular complexity index is 1350. The molecule has 0 fully saturated rings. The van der Waals surface area contributed by atoms with Crippen molar-refractivity contribution in [2.24, 2.45) is 0 Å². The van der Waals surface area contributed by atoms with Gasteiger partial charge in [0.1, 0.15) is 17.5 Å². The van der Waals surface area contributed by atoms with Gasteiger partial charge in [0.15, 0.2) is 9.84 Å². The molecule has 4 nitrogen and oxygen atoms in total. The van der Waals surface area contributed by atoms with Crippen LogP contribution >= 0.6 is 11.6 Å². The van der Waals surface area contributed by atoms with Gasteiger partial charge in [-0.25, -0.2) is 22.2 Å². The first-order valence-corrected chi connectivity index (χ1v) is 11.1. The lowest BCUT2D eigenvalue weighted by atomic mass is 10.1. The summed E-state index contributed by atoms with van der Waals surface area (Å²) in [6, 6.07) is 15.2. The van der Waals surface area contributed by atoms with Crippen molar-refractivity contribution < 1.29 is 17.2 Å². The highest BCUT2D eigenvalue weighted by Crippen LogP contribution is 2.33. The van der Waals surface area contributed by atoms with Crippen LogP contribution in [0.15, 0.2) is 78.0 Å². The Morgan fingerprint density at radius 2 is 1.60 bits per heavy atom. The summed E-state index contributed by atoms with van der Waals surface area (Å²) in [6.45, 7) is 0. The monoisotopic (exact) mass is 444 g/mol. The Hall–Kier alpha value is -3.03. The number of halogens is 3. The third-order valence-corrected chi connectivity index (χ3v) is 6.04. The van der Waals surface area contributed by atoms with E-state index in [9.17, 15) is 17.2 Å². The molecule has 8 heteroatoms. The minimum absolute atomic E-state index is 0.0827. The lowest BCUT2D eigenvalue weighted by Crippen LogP contribution is -2.01. The van der Waals surface area contributed by atoms with Crippen LogP contribution in [0.5, 0.6) is 0 Å². The van der Waals surface area contributed by atoms with Crippen LogP contribution < -0.4 is 0 Å². The Balaban J connectivity index is 1.79. The molecular formula is C22H15ClF2N2O2S. The van der Waals surface area contributed by atoms with E-state index in [0.717, 1.165) is 18.4 Å². The van der Waals surface area contributed by atoms with Crippen molar-refractivity contribution in [3.05, 3.63) is 89.7 Å². The molecule has 0 amide bonds. The molecule has 0 saturated heterocycles. The van der Waals surface area contributed by atoms with Crippen LogP contribution in [-0.4, -0.2) is 24.2 Å². The molecule has 0 saturated carbocycles. The number of benzene rings is 3. The van der Waals surface area contributed by atoms with Crippen molar-refractivity contribution in [3.63, 3.8) is 0 Å². The minimum Gasteiger partial charge on any atom is -0.298 e. The second-order valence-corrected chi connectivity index (χ2v) is 9.11. The maximum atomic E-state index is 14.3. The van der Waals surface area contributed by atoms with E-state index in [0.29, 0.717) is 21.8 Å². The van der Waals surface area contributed by atoms with E-state index in [2.05, 4.69) is 4.98 Å². The quantitative estimate of drug-likeness (QED) is 0.415. The van der Waals surface area contributed by atoms with Gasteiger partial charge < -0.3 is 0 Å². The molecule has 0 radical (unpaired) electrons. The van der Waals surface area contributed by atoms with E-state index < -0.39 is 21.5 Å². The fourth-order valence-corrected chi connectivity index (χ4v) is 4.12. The van der Waals surface area contributed by atoms with Crippen molar-refractivity contribution in [1.82, 2.24) is 9.55 Å². The molecule has 4 aromatic rings. The van der Waals surface area contributed by atoms with Crippen molar-refractivity contribution in [1.29, 1.82) is 0 Å². The summed E-state index contributed by atoms with van der Waals surface area (Å²) >= 11 is 6.49. The number of hydrogen-bond acceptors (Lipinski definition) is 3. The van der Waals surface area contributed by atoms with Gasteiger partial charge in [0, 0.05) is 18.6 Å². The molecule has 1 aromatic heterocycles. The van der Waals surface area contributed by atoms with Crippen LogP contribution in [0.2, 0.25) is 5.02 Å². The van der Waals surface area contributed by atoms with Crippen LogP contribution in [0.25, 0.3) is 28.2 Å². The van der Waals surface area contributed by atoms with Gasteiger partial charge in [-0.15, -0.1) is 0 Å². The number of rotatable bonds is 4. The van der Waals surface area contributed by atoms with Gasteiger partial charge >= 0.3 is 0 Å². The molecular weight excluding hydrogens is 430 g/mol. The average molecular weight is 445 g/mol. The molecule has 3 aromatic carbocycles. The maximum absolute atomic E-state index is 14.3. The van der Waals surface area contributed by atoms with Gasteiger partial charge in [-0.05, 0) is 47.5 Å². The first kappa shape index (κ1) is 20.3. The van der Waals surface area contributed by atoms with Gasteiger partial charge in [0.25, 0.3) is 0 Å².